The highest BCUT2D eigenvalue weighted by atomic mass is 27.1. The van der Waals surface area contributed by atoms with Crippen LogP contribution in [0.1, 0.15) is 0 Å². The molecule has 2 radical (unpaired) electrons. The summed E-state index contributed by atoms with van der Waals surface area (Å²) in [5.41, 5.74) is 0.826. The van der Waals surface area contributed by atoms with E-state index in [0.29, 0.717) is 0 Å². The van der Waals surface area contributed by atoms with E-state index in [-0.39, 0.29) is 5.88 Å². The van der Waals surface area contributed by atoms with Crippen LogP contribution in [0.3, 0.4) is 0 Å². The highest BCUT2D eigenvalue weighted by Crippen LogP contribution is 2.14. The molecular weight excluding hydrogens is 181 g/mol. The second-order valence-corrected chi connectivity index (χ2v) is 2.36. The lowest BCUT2D eigenvalue weighted by Crippen LogP contribution is -1.76. The van der Waals surface area contributed by atoms with Gasteiger partial charge in [0.05, 0.1) is 5.52 Å². The number of aromatic hydroxyl groups is 1. The third-order valence-electron chi connectivity index (χ3n) is 1.58. The molecule has 1 aromatic heterocycles. The maximum atomic E-state index is 9.02. The summed E-state index contributed by atoms with van der Waals surface area (Å²) in [5, 5.41) is 10.1. The lowest BCUT2D eigenvalue weighted by molar-refractivity contribution is 0.456. The molecule has 1 heterocycles. The Bertz CT molecular complexity index is 392. The molecule has 0 unspecified atom stereocenters. The largest absolute Gasteiger partial charge is 0.529 e. The van der Waals surface area contributed by atoms with E-state index in [2.05, 4.69) is 4.98 Å². The first-order valence-corrected chi connectivity index (χ1v) is 4.18. The van der Waals surface area contributed by atoms with E-state index in [1.165, 1.54) is 16.6 Å². The summed E-state index contributed by atoms with van der Waals surface area (Å²) in [6.07, 6.45) is 0. The number of fused-ring (bicyclic) bond motifs is 1. The van der Waals surface area contributed by atoms with Gasteiger partial charge in [-0.15, -0.1) is 0 Å². The van der Waals surface area contributed by atoms with Crippen LogP contribution in [0.15, 0.2) is 36.4 Å². The molecule has 0 aliphatic carbocycles. The van der Waals surface area contributed by atoms with Crippen LogP contribution in [0.4, 0.5) is 0 Å². The Kier molecular flexibility index (Phi) is 3.72. The number of rotatable bonds is 0. The van der Waals surface area contributed by atoms with Gasteiger partial charge in [0.25, 0.3) is 0 Å². The molecule has 1 aromatic carbocycles. The molecule has 2 rings (SSSR count). The Hall–Kier alpha value is -1.08. The Balaban J connectivity index is 0.000000396. The van der Waals surface area contributed by atoms with Gasteiger partial charge in [-0.1, -0.05) is 18.2 Å². The van der Waals surface area contributed by atoms with Crippen LogP contribution in [0.25, 0.3) is 10.9 Å². The van der Waals surface area contributed by atoms with Crippen molar-refractivity contribution in [2.24, 2.45) is 0 Å². The van der Waals surface area contributed by atoms with E-state index in [0.717, 1.165) is 10.9 Å². The van der Waals surface area contributed by atoms with E-state index in [1.807, 2.05) is 30.3 Å². The van der Waals surface area contributed by atoms with Gasteiger partial charge in [0.2, 0.25) is 5.88 Å². The van der Waals surface area contributed by atoms with Crippen molar-refractivity contribution in [2.45, 2.75) is 0 Å². The molecule has 0 spiro atoms. The molecule has 0 bridgehead atoms. The van der Waals surface area contributed by atoms with E-state index < -0.39 is 0 Å². The Morgan fingerprint density at radius 3 is 2.46 bits per heavy atom. The number of benzene rings is 1. The SMILES string of the molecule is Oc1ccc2ccccc2n1.[OH][Al]. The summed E-state index contributed by atoms with van der Waals surface area (Å²) in [6.45, 7) is 0. The van der Waals surface area contributed by atoms with E-state index in [9.17, 15) is 0 Å². The average Bonchev–Trinajstić information content (AvgIpc) is 2.21. The minimum atomic E-state index is 0.0729. The van der Waals surface area contributed by atoms with Crippen molar-refractivity contribution in [1.29, 1.82) is 0 Å². The molecule has 3 nitrogen and oxygen atoms in total. The van der Waals surface area contributed by atoms with E-state index in [1.54, 1.807) is 6.07 Å². The molecule has 0 aliphatic heterocycles. The fourth-order valence-corrected chi connectivity index (χ4v) is 1.06. The number of pyridine rings is 1. The molecule has 0 fully saturated rings. The fourth-order valence-electron chi connectivity index (χ4n) is 1.06. The van der Waals surface area contributed by atoms with Gasteiger partial charge in [0.15, 0.2) is 0 Å². The normalized spacial score (nSPS) is 9.00. The smallest absolute Gasteiger partial charge is 0.363 e. The third kappa shape index (κ3) is 2.43. The number of nitrogens with zero attached hydrogens (tertiary/aromatic N) is 1. The first kappa shape index (κ1) is 10.0. The lowest BCUT2D eigenvalue weighted by atomic mass is 10.2. The number of hydrogen-bond acceptors (Lipinski definition) is 3. The Morgan fingerprint density at radius 1 is 1.00 bits per heavy atom. The summed E-state index contributed by atoms with van der Waals surface area (Å²) in [4.78, 5) is 3.93. The second kappa shape index (κ2) is 4.83. The summed E-state index contributed by atoms with van der Waals surface area (Å²) in [7, 11) is 0. The summed E-state index contributed by atoms with van der Waals surface area (Å²) in [5.74, 6) is 0.0729. The highest BCUT2D eigenvalue weighted by molar-refractivity contribution is 5.95. The molecule has 13 heavy (non-hydrogen) atoms. The van der Waals surface area contributed by atoms with Gasteiger partial charge in [-0.05, 0) is 12.1 Å². The number of para-hydroxylation sites is 1. The monoisotopic (exact) mass is 189 g/mol. The molecule has 0 amide bonds. The Labute approximate surface area is 84.4 Å². The Morgan fingerprint density at radius 2 is 1.69 bits per heavy atom. The van der Waals surface area contributed by atoms with Gasteiger partial charge in [-0.3, -0.25) is 0 Å². The van der Waals surface area contributed by atoms with Gasteiger partial charge >= 0.3 is 16.6 Å². The highest BCUT2D eigenvalue weighted by Gasteiger charge is 1.92. The molecule has 0 atom stereocenters. The first-order chi connectivity index (χ1) is 6.36. The van der Waals surface area contributed by atoms with Gasteiger partial charge in [-0.2, -0.15) is 0 Å². The van der Waals surface area contributed by atoms with Gasteiger partial charge < -0.3 is 9.26 Å². The minimum Gasteiger partial charge on any atom is -0.529 e. The van der Waals surface area contributed by atoms with Gasteiger partial charge in [0, 0.05) is 11.5 Å². The van der Waals surface area contributed by atoms with Crippen LogP contribution >= 0.6 is 0 Å². The standard InChI is InChI=1S/C9H7NO.Al.H2O/c11-9-6-5-7-3-1-2-4-8(7)10-9;;/h1-6H,(H,10,11);;1H2/q;+1;/p-1. The van der Waals surface area contributed by atoms with Crippen LogP contribution in [-0.4, -0.2) is 30.9 Å². The molecule has 0 saturated carbocycles. The molecule has 4 heteroatoms. The van der Waals surface area contributed by atoms with Crippen molar-refractivity contribution in [3.63, 3.8) is 0 Å². The van der Waals surface area contributed by atoms with Crippen LogP contribution in [-0.2, 0) is 0 Å². The predicted molar refractivity (Wildman–Crippen MR) is 51.4 cm³/mol. The zero-order valence-electron chi connectivity index (χ0n) is 6.88. The lowest BCUT2D eigenvalue weighted by Gasteiger charge is -1.95. The molecule has 0 aliphatic rings. The fraction of sp³-hybridized carbons (Fsp3) is 0. The van der Waals surface area contributed by atoms with Crippen molar-refractivity contribution in [3.8, 4) is 5.88 Å². The van der Waals surface area contributed by atoms with Crippen molar-refractivity contribution >= 4 is 27.5 Å². The zero-order chi connectivity index (χ0) is 9.68. The average molecular weight is 189 g/mol. The van der Waals surface area contributed by atoms with Crippen molar-refractivity contribution < 1.29 is 9.26 Å². The maximum absolute atomic E-state index is 9.02. The molecule has 64 valence electrons. The van der Waals surface area contributed by atoms with Gasteiger partial charge in [-0.25, -0.2) is 4.98 Å². The molecule has 2 N–H and O–H groups in total. The maximum Gasteiger partial charge on any atom is 0.363 e. The third-order valence-corrected chi connectivity index (χ3v) is 1.58. The molecule has 0 saturated heterocycles. The van der Waals surface area contributed by atoms with Gasteiger partial charge in [0.1, 0.15) is 0 Å². The first-order valence-electron chi connectivity index (χ1n) is 3.67. The molecular formula is C9H8AlNO2. The van der Waals surface area contributed by atoms with Crippen molar-refractivity contribution in [3.05, 3.63) is 36.4 Å². The second-order valence-electron chi connectivity index (χ2n) is 2.36. The summed E-state index contributed by atoms with van der Waals surface area (Å²) >= 11 is 1.42. The number of aromatic nitrogens is 1. The van der Waals surface area contributed by atoms with E-state index in [4.69, 9.17) is 9.26 Å². The van der Waals surface area contributed by atoms with Crippen LogP contribution in [0.5, 0.6) is 5.88 Å². The van der Waals surface area contributed by atoms with Crippen molar-refractivity contribution in [2.75, 3.05) is 0 Å². The number of hydrogen-bond donors (Lipinski definition) is 2. The van der Waals surface area contributed by atoms with Crippen LogP contribution < -0.4 is 0 Å². The van der Waals surface area contributed by atoms with Crippen LogP contribution in [0.2, 0.25) is 0 Å². The summed E-state index contributed by atoms with van der Waals surface area (Å²) < 4.78 is 6.92. The van der Waals surface area contributed by atoms with Crippen LogP contribution in [0, 0.1) is 0 Å². The molecule has 2 aromatic rings. The van der Waals surface area contributed by atoms with E-state index >= 15 is 0 Å². The quantitative estimate of drug-likeness (QED) is 0.608. The topological polar surface area (TPSA) is 53.4 Å². The zero-order valence-corrected chi connectivity index (χ0v) is 8.04. The van der Waals surface area contributed by atoms with Crippen molar-refractivity contribution in [1.82, 2.24) is 4.98 Å². The predicted octanol–water partition coefficient (Wildman–Crippen LogP) is 1.00. The summed E-state index contributed by atoms with van der Waals surface area (Å²) in [6, 6.07) is 11.1. The minimum absolute atomic E-state index is 0.0729.